The maximum atomic E-state index is 5.74. The highest BCUT2D eigenvalue weighted by molar-refractivity contribution is 5.56. The second-order valence-corrected chi connectivity index (χ2v) is 6.04. The molecule has 0 spiro atoms. The minimum Gasteiger partial charge on any atom is -0.378 e. The van der Waals surface area contributed by atoms with E-state index >= 15 is 0 Å². The Morgan fingerprint density at radius 2 is 2.25 bits per heavy atom. The molecule has 0 saturated carbocycles. The van der Waals surface area contributed by atoms with E-state index in [0.717, 1.165) is 13.2 Å². The predicted octanol–water partition coefficient (Wildman–Crippen LogP) is 2.86. The van der Waals surface area contributed by atoms with E-state index in [4.69, 9.17) is 10.5 Å². The highest BCUT2D eigenvalue weighted by Gasteiger charge is 2.19. The molecule has 20 heavy (non-hydrogen) atoms. The van der Waals surface area contributed by atoms with E-state index in [1.165, 1.54) is 61.9 Å². The van der Waals surface area contributed by atoms with Crippen LogP contribution in [0.15, 0.2) is 18.2 Å². The Bertz CT molecular complexity index is 441. The summed E-state index contributed by atoms with van der Waals surface area (Å²) in [5.74, 6) is 0. The molecule has 0 amide bonds. The van der Waals surface area contributed by atoms with Gasteiger partial charge in [-0.1, -0.05) is 12.1 Å². The quantitative estimate of drug-likeness (QED) is 0.897. The molecule has 1 unspecified atom stereocenters. The van der Waals surface area contributed by atoms with Gasteiger partial charge in [0.15, 0.2) is 0 Å². The first-order chi connectivity index (χ1) is 9.86. The van der Waals surface area contributed by atoms with Gasteiger partial charge in [0.05, 0.1) is 6.10 Å². The molecule has 0 radical (unpaired) electrons. The molecule has 0 aromatic heterocycles. The molecule has 3 nitrogen and oxygen atoms in total. The van der Waals surface area contributed by atoms with Crippen LogP contribution in [0.4, 0.5) is 5.69 Å². The van der Waals surface area contributed by atoms with Gasteiger partial charge in [0.1, 0.15) is 0 Å². The first kappa shape index (κ1) is 13.9. The van der Waals surface area contributed by atoms with Crippen LogP contribution in [-0.2, 0) is 17.7 Å². The highest BCUT2D eigenvalue weighted by atomic mass is 16.5. The lowest BCUT2D eigenvalue weighted by Crippen LogP contribution is -2.30. The molecule has 1 saturated heterocycles. The van der Waals surface area contributed by atoms with Crippen molar-refractivity contribution in [3.63, 3.8) is 0 Å². The number of ether oxygens (including phenoxy) is 1. The summed E-state index contributed by atoms with van der Waals surface area (Å²) in [6.07, 6.45) is 7.95. The van der Waals surface area contributed by atoms with Crippen LogP contribution in [0.25, 0.3) is 0 Å². The van der Waals surface area contributed by atoms with Crippen molar-refractivity contribution in [3.8, 4) is 0 Å². The minimum atomic E-state index is 0.527. The molecule has 3 heteroatoms. The number of fused-ring (bicyclic) bond motifs is 1. The van der Waals surface area contributed by atoms with E-state index in [1.807, 2.05) is 0 Å². The molecule has 2 aliphatic heterocycles. The molecule has 2 heterocycles. The van der Waals surface area contributed by atoms with Crippen molar-refractivity contribution in [1.82, 2.24) is 0 Å². The largest absolute Gasteiger partial charge is 0.378 e. The number of hydrogen-bond donors (Lipinski definition) is 1. The highest BCUT2D eigenvalue weighted by Crippen LogP contribution is 2.28. The first-order valence-corrected chi connectivity index (χ1v) is 8.05. The van der Waals surface area contributed by atoms with Crippen LogP contribution in [0.2, 0.25) is 0 Å². The molecule has 2 N–H and O–H groups in total. The van der Waals surface area contributed by atoms with Gasteiger partial charge in [-0.25, -0.2) is 0 Å². The van der Waals surface area contributed by atoms with E-state index in [-0.39, 0.29) is 0 Å². The maximum Gasteiger partial charge on any atom is 0.0576 e. The first-order valence-electron chi connectivity index (χ1n) is 8.05. The average Bonchev–Trinajstić information content (AvgIpc) is 3.00. The monoisotopic (exact) mass is 274 g/mol. The summed E-state index contributed by atoms with van der Waals surface area (Å²) in [5.41, 5.74) is 9.91. The summed E-state index contributed by atoms with van der Waals surface area (Å²) in [7, 11) is 0. The van der Waals surface area contributed by atoms with Crippen LogP contribution in [0.3, 0.4) is 0 Å². The fourth-order valence-electron chi connectivity index (χ4n) is 3.47. The van der Waals surface area contributed by atoms with E-state index in [0.29, 0.717) is 12.6 Å². The summed E-state index contributed by atoms with van der Waals surface area (Å²) >= 11 is 0. The Morgan fingerprint density at radius 1 is 1.30 bits per heavy atom. The Labute approximate surface area is 122 Å². The lowest BCUT2D eigenvalue weighted by molar-refractivity contribution is 0.103. The van der Waals surface area contributed by atoms with Crippen molar-refractivity contribution in [1.29, 1.82) is 0 Å². The fourth-order valence-corrected chi connectivity index (χ4v) is 3.47. The maximum absolute atomic E-state index is 5.74. The molecule has 3 rings (SSSR count). The van der Waals surface area contributed by atoms with Gasteiger partial charge >= 0.3 is 0 Å². The van der Waals surface area contributed by atoms with E-state index in [2.05, 4.69) is 23.1 Å². The minimum absolute atomic E-state index is 0.527. The zero-order chi connectivity index (χ0) is 13.8. The summed E-state index contributed by atoms with van der Waals surface area (Å²) < 4.78 is 5.71. The van der Waals surface area contributed by atoms with Crippen molar-refractivity contribution < 1.29 is 4.74 Å². The third-order valence-electron chi connectivity index (χ3n) is 4.57. The predicted molar refractivity (Wildman–Crippen MR) is 83.1 cm³/mol. The topological polar surface area (TPSA) is 38.5 Å². The lowest BCUT2D eigenvalue weighted by Gasteiger charge is -2.32. The molecule has 1 fully saturated rings. The van der Waals surface area contributed by atoms with Crippen LogP contribution in [0.5, 0.6) is 0 Å². The molecule has 0 bridgehead atoms. The number of nitrogens with zero attached hydrogens (tertiary/aromatic N) is 1. The van der Waals surface area contributed by atoms with Crippen LogP contribution in [0.1, 0.15) is 43.2 Å². The summed E-state index contributed by atoms with van der Waals surface area (Å²) in [6.45, 7) is 3.97. The zero-order valence-electron chi connectivity index (χ0n) is 12.3. The molecule has 110 valence electrons. The van der Waals surface area contributed by atoms with Crippen LogP contribution < -0.4 is 10.6 Å². The Morgan fingerprint density at radius 3 is 3.05 bits per heavy atom. The van der Waals surface area contributed by atoms with Gasteiger partial charge in [-0.05, 0) is 55.7 Å². The third-order valence-corrected chi connectivity index (χ3v) is 4.57. The average molecular weight is 274 g/mol. The molecule has 1 atom stereocenters. The molecule has 2 aliphatic rings. The van der Waals surface area contributed by atoms with Gasteiger partial charge in [0.2, 0.25) is 0 Å². The van der Waals surface area contributed by atoms with Crippen molar-refractivity contribution in [2.24, 2.45) is 5.73 Å². The molecular formula is C17H26N2O. The van der Waals surface area contributed by atoms with Gasteiger partial charge in [-0.3, -0.25) is 0 Å². The number of hydrogen-bond acceptors (Lipinski definition) is 3. The Hall–Kier alpha value is -1.06. The second-order valence-electron chi connectivity index (χ2n) is 6.04. The number of rotatable bonds is 5. The van der Waals surface area contributed by atoms with Crippen molar-refractivity contribution in [3.05, 3.63) is 29.3 Å². The number of benzene rings is 1. The van der Waals surface area contributed by atoms with Gasteiger partial charge < -0.3 is 15.4 Å². The summed E-state index contributed by atoms with van der Waals surface area (Å²) in [5, 5.41) is 0. The molecular weight excluding hydrogens is 248 g/mol. The van der Waals surface area contributed by atoms with E-state index < -0.39 is 0 Å². The van der Waals surface area contributed by atoms with Gasteiger partial charge in [0.25, 0.3) is 0 Å². The van der Waals surface area contributed by atoms with Gasteiger partial charge in [0, 0.05) is 31.9 Å². The van der Waals surface area contributed by atoms with Crippen LogP contribution >= 0.6 is 0 Å². The summed E-state index contributed by atoms with van der Waals surface area (Å²) in [4.78, 5) is 2.55. The lowest BCUT2D eigenvalue weighted by atomic mass is 9.98. The SMILES string of the molecule is NCc1ccc2c(c1)CCCN2CCCC1CCCO1. The summed E-state index contributed by atoms with van der Waals surface area (Å²) in [6, 6.07) is 6.74. The van der Waals surface area contributed by atoms with Crippen LogP contribution in [0, 0.1) is 0 Å². The molecule has 1 aromatic carbocycles. The molecule has 0 aliphatic carbocycles. The Balaban J connectivity index is 1.58. The fraction of sp³-hybridized carbons (Fsp3) is 0.647. The number of aryl methyl sites for hydroxylation is 1. The number of nitrogens with two attached hydrogens (primary N) is 1. The second kappa shape index (κ2) is 6.59. The molecule has 1 aromatic rings. The van der Waals surface area contributed by atoms with Gasteiger partial charge in [-0.15, -0.1) is 0 Å². The van der Waals surface area contributed by atoms with Crippen molar-refractivity contribution >= 4 is 5.69 Å². The normalized spacial score (nSPS) is 22.1. The van der Waals surface area contributed by atoms with Crippen molar-refractivity contribution in [2.75, 3.05) is 24.6 Å². The standard InChI is InChI=1S/C17H26N2O/c18-13-14-7-8-17-15(12-14)4-1-9-19(17)10-2-5-16-6-3-11-20-16/h7-8,12,16H,1-6,9-11,13,18H2. The van der Waals surface area contributed by atoms with Crippen LogP contribution in [-0.4, -0.2) is 25.8 Å². The van der Waals surface area contributed by atoms with E-state index in [1.54, 1.807) is 0 Å². The Kier molecular flexibility index (Phi) is 4.58. The third kappa shape index (κ3) is 3.15. The zero-order valence-corrected chi connectivity index (χ0v) is 12.3. The number of anilines is 1. The van der Waals surface area contributed by atoms with Gasteiger partial charge in [-0.2, -0.15) is 0 Å². The van der Waals surface area contributed by atoms with Crippen molar-refractivity contribution in [2.45, 2.75) is 51.2 Å². The smallest absolute Gasteiger partial charge is 0.0576 e. The van der Waals surface area contributed by atoms with E-state index in [9.17, 15) is 0 Å².